The Morgan fingerprint density at radius 1 is 1.40 bits per heavy atom. The summed E-state index contributed by atoms with van der Waals surface area (Å²) < 4.78 is 0. The summed E-state index contributed by atoms with van der Waals surface area (Å²) in [5.41, 5.74) is 6.75. The van der Waals surface area contributed by atoms with E-state index in [2.05, 4.69) is 39.5 Å². The van der Waals surface area contributed by atoms with Crippen molar-refractivity contribution in [2.24, 2.45) is 11.1 Å². The van der Waals surface area contributed by atoms with Crippen LogP contribution in [0, 0.1) is 5.41 Å². The van der Waals surface area contributed by atoms with Gasteiger partial charge >= 0.3 is 0 Å². The van der Waals surface area contributed by atoms with Crippen LogP contribution in [-0.4, -0.2) is 29.6 Å². The number of likely N-dealkylation sites (tertiary alicyclic amines) is 1. The minimum atomic E-state index is 0.282. The topological polar surface area (TPSA) is 29.3 Å². The molecule has 0 aromatic rings. The molecule has 90 valence electrons. The third-order valence-corrected chi connectivity index (χ3v) is 3.96. The van der Waals surface area contributed by atoms with Gasteiger partial charge in [0.1, 0.15) is 0 Å². The molecule has 1 unspecified atom stereocenters. The predicted molar refractivity (Wildman–Crippen MR) is 66.9 cm³/mol. The van der Waals surface area contributed by atoms with Gasteiger partial charge in [0.2, 0.25) is 0 Å². The fraction of sp³-hybridized carbons (Fsp3) is 1.00. The molecule has 1 heterocycles. The molecule has 2 N–H and O–H groups in total. The Morgan fingerprint density at radius 2 is 2.00 bits per heavy atom. The molecule has 0 bridgehead atoms. The highest BCUT2D eigenvalue weighted by molar-refractivity contribution is 4.92. The van der Waals surface area contributed by atoms with Gasteiger partial charge in [-0.25, -0.2) is 0 Å². The van der Waals surface area contributed by atoms with E-state index in [0.29, 0.717) is 11.5 Å². The average molecular weight is 212 g/mol. The van der Waals surface area contributed by atoms with Crippen LogP contribution in [0.25, 0.3) is 0 Å². The molecule has 0 aromatic carbocycles. The summed E-state index contributed by atoms with van der Waals surface area (Å²) in [5, 5.41) is 0. The molecular weight excluding hydrogens is 184 g/mol. The van der Waals surface area contributed by atoms with Crippen molar-refractivity contribution in [3.8, 4) is 0 Å². The molecular formula is C13H28N2. The Balaban J connectivity index is 2.62. The molecule has 15 heavy (non-hydrogen) atoms. The van der Waals surface area contributed by atoms with Crippen LogP contribution in [0.1, 0.15) is 53.9 Å². The zero-order valence-corrected chi connectivity index (χ0v) is 11.1. The van der Waals surface area contributed by atoms with Crippen LogP contribution >= 0.6 is 0 Å². The van der Waals surface area contributed by atoms with E-state index in [1.54, 1.807) is 0 Å². The number of nitrogens with two attached hydrogens (primary N) is 1. The van der Waals surface area contributed by atoms with E-state index < -0.39 is 0 Å². The maximum atomic E-state index is 6.04. The summed E-state index contributed by atoms with van der Waals surface area (Å²) in [6.07, 6.45) is 3.53. The van der Waals surface area contributed by atoms with Crippen LogP contribution in [0.4, 0.5) is 0 Å². The Hall–Kier alpha value is -0.0800. The van der Waals surface area contributed by atoms with Gasteiger partial charge in [-0.3, -0.25) is 4.90 Å². The summed E-state index contributed by atoms with van der Waals surface area (Å²) in [4.78, 5) is 2.62. The zero-order valence-electron chi connectivity index (χ0n) is 11.1. The van der Waals surface area contributed by atoms with Crippen LogP contribution in [-0.2, 0) is 0 Å². The highest BCUT2D eigenvalue weighted by Gasteiger charge is 2.35. The number of rotatable bonds is 3. The van der Waals surface area contributed by atoms with Crippen molar-refractivity contribution < 1.29 is 0 Å². The van der Waals surface area contributed by atoms with E-state index in [-0.39, 0.29) is 5.54 Å². The molecule has 0 saturated carbocycles. The number of nitrogens with zero attached hydrogens (tertiary/aromatic N) is 1. The maximum Gasteiger partial charge on any atom is 0.0168 e. The van der Waals surface area contributed by atoms with Crippen molar-refractivity contribution >= 4 is 0 Å². The van der Waals surface area contributed by atoms with Crippen LogP contribution in [0.15, 0.2) is 0 Å². The molecule has 2 nitrogen and oxygen atoms in total. The van der Waals surface area contributed by atoms with Crippen molar-refractivity contribution in [3.63, 3.8) is 0 Å². The standard InChI is InChI=1S/C13H28N2/c1-6-12(2,3)10-15-8-7-11(14)9-13(15,4)5/h11H,6-10,14H2,1-5H3. The van der Waals surface area contributed by atoms with E-state index >= 15 is 0 Å². The van der Waals surface area contributed by atoms with Crippen LogP contribution in [0.5, 0.6) is 0 Å². The summed E-state index contributed by atoms with van der Waals surface area (Å²) in [7, 11) is 0. The van der Waals surface area contributed by atoms with E-state index in [1.807, 2.05) is 0 Å². The second kappa shape index (κ2) is 4.42. The molecule has 1 aliphatic rings. The van der Waals surface area contributed by atoms with Crippen molar-refractivity contribution in [1.82, 2.24) is 4.90 Å². The second-order valence-electron chi connectivity index (χ2n) is 6.50. The lowest BCUT2D eigenvalue weighted by Crippen LogP contribution is -2.55. The van der Waals surface area contributed by atoms with Gasteiger partial charge in [-0.2, -0.15) is 0 Å². The molecule has 2 heteroatoms. The van der Waals surface area contributed by atoms with Crippen LogP contribution < -0.4 is 5.73 Å². The molecule has 1 saturated heterocycles. The second-order valence-corrected chi connectivity index (χ2v) is 6.50. The van der Waals surface area contributed by atoms with Gasteiger partial charge in [-0.05, 0) is 38.5 Å². The predicted octanol–water partition coefficient (Wildman–Crippen LogP) is 2.62. The third-order valence-electron chi connectivity index (χ3n) is 3.96. The summed E-state index contributed by atoms with van der Waals surface area (Å²) in [5.74, 6) is 0. The number of piperidine rings is 1. The first-order valence-electron chi connectivity index (χ1n) is 6.27. The largest absolute Gasteiger partial charge is 0.328 e. The minimum absolute atomic E-state index is 0.282. The first-order chi connectivity index (χ1) is 6.77. The SMILES string of the molecule is CCC(C)(C)CN1CCC(N)CC1(C)C. The third kappa shape index (κ3) is 3.46. The van der Waals surface area contributed by atoms with Gasteiger partial charge in [0.05, 0.1) is 0 Å². The van der Waals surface area contributed by atoms with Gasteiger partial charge in [0.15, 0.2) is 0 Å². The molecule has 0 spiro atoms. The Kier molecular flexibility index (Phi) is 3.83. The molecule has 0 aromatic heterocycles. The normalized spacial score (nSPS) is 28.0. The highest BCUT2D eigenvalue weighted by Crippen LogP contribution is 2.31. The monoisotopic (exact) mass is 212 g/mol. The molecule has 1 aliphatic heterocycles. The fourth-order valence-electron chi connectivity index (χ4n) is 2.42. The minimum Gasteiger partial charge on any atom is -0.328 e. The molecule has 1 rings (SSSR count). The smallest absolute Gasteiger partial charge is 0.0168 e. The van der Waals surface area contributed by atoms with Gasteiger partial charge in [0.25, 0.3) is 0 Å². The van der Waals surface area contributed by atoms with Crippen molar-refractivity contribution in [2.75, 3.05) is 13.1 Å². The fourth-order valence-corrected chi connectivity index (χ4v) is 2.42. The highest BCUT2D eigenvalue weighted by atomic mass is 15.2. The average Bonchev–Trinajstić information content (AvgIpc) is 2.09. The van der Waals surface area contributed by atoms with E-state index in [9.17, 15) is 0 Å². The van der Waals surface area contributed by atoms with Crippen LogP contribution in [0.3, 0.4) is 0 Å². The number of hydrogen-bond acceptors (Lipinski definition) is 2. The molecule has 0 aliphatic carbocycles. The van der Waals surface area contributed by atoms with Gasteiger partial charge in [-0.1, -0.05) is 20.8 Å². The van der Waals surface area contributed by atoms with Crippen molar-refractivity contribution in [3.05, 3.63) is 0 Å². The first kappa shape index (κ1) is 13.0. The van der Waals surface area contributed by atoms with Gasteiger partial charge in [0, 0.05) is 24.7 Å². The first-order valence-corrected chi connectivity index (χ1v) is 6.27. The lowest BCUT2D eigenvalue weighted by atomic mass is 9.83. The molecule has 1 atom stereocenters. The summed E-state index contributed by atoms with van der Waals surface area (Å²) >= 11 is 0. The molecule has 0 amide bonds. The Labute approximate surface area is 95.2 Å². The lowest BCUT2D eigenvalue weighted by Gasteiger charge is -2.47. The molecule has 1 fully saturated rings. The van der Waals surface area contributed by atoms with E-state index in [1.165, 1.54) is 13.0 Å². The molecule has 0 radical (unpaired) electrons. The van der Waals surface area contributed by atoms with Crippen LogP contribution in [0.2, 0.25) is 0 Å². The maximum absolute atomic E-state index is 6.04. The van der Waals surface area contributed by atoms with Gasteiger partial charge in [-0.15, -0.1) is 0 Å². The zero-order chi connectivity index (χ0) is 11.7. The number of hydrogen-bond donors (Lipinski definition) is 1. The van der Waals surface area contributed by atoms with E-state index in [4.69, 9.17) is 5.73 Å². The Bertz CT molecular complexity index is 209. The summed E-state index contributed by atoms with van der Waals surface area (Å²) in [6, 6.07) is 0.404. The van der Waals surface area contributed by atoms with Gasteiger partial charge < -0.3 is 5.73 Å². The van der Waals surface area contributed by atoms with Crippen molar-refractivity contribution in [1.29, 1.82) is 0 Å². The lowest BCUT2D eigenvalue weighted by molar-refractivity contribution is 0.0312. The Morgan fingerprint density at radius 3 is 2.47 bits per heavy atom. The quantitative estimate of drug-likeness (QED) is 0.779. The van der Waals surface area contributed by atoms with E-state index in [0.717, 1.165) is 19.4 Å². The van der Waals surface area contributed by atoms with Crippen molar-refractivity contribution in [2.45, 2.75) is 65.5 Å². The summed E-state index contributed by atoms with van der Waals surface area (Å²) in [6.45, 7) is 14.0.